The quantitative estimate of drug-likeness (QED) is 0.752. The van der Waals surface area contributed by atoms with Crippen LogP contribution in [-0.4, -0.2) is 28.5 Å². The van der Waals surface area contributed by atoms with E-state index in [4.69, 9.17) is 23.2 Å². The molecule has 0 aliphatic rings. The van der Waals surface area contributed by atoms with Crippen molar-refractivity contribution in [3.8, 4) is 0 Å². The third-order valence-electron chi connectivity index (χ3n) is 2.01. The first kappa shape index (κ1) is 12.5. The van der Waals surface area contributed by atoms with E-state index in [2.05, 4.69) is 21.9 Å². The molecule has 1 aromatic rings. The lowest BCUT2D eigenvalue weighted by Crippen LogP contribution is -2.21. The fraction of sp³-hybridized carbons (Fsp3) is 0.667. The second kappa shape index (κ2) is 6.08. The van der Waals surface area contributed by atoms with Crippen LogP contribution in [0.3, 0.4) is 0 Å². The largest absolute Gasteiger partial charge is 0.344 e. The van der Waals surface area contributed by atoms with Crippen molar-refractivity contribution in [1.82, 2.24) is 15.0 Å². The van der Waals surface area contributed by atoms with Gasteiger partial charge in [0.2, 0.25) is 16.5 Å². The van der Waals surface area contributed by atoms with Gasteiger partial charge in [0.05, 0.1) is 0 Å². The van der Waals surface area contributed by atoms with Gasteiger partial charge in [0.25, 0.3) is 0 Å². The molecule has 0 spiro atoms. The topological polar surface area (TPSA) is 41.9 Å². The molecule has 15 heavy (non-hydrogen) atoms. The molecule has 0 fully saturated rings. The zero-order valence-corrected chi connectivity index (χ0v) is 10.4. The highest BCUT2D eigenvalue weighted by atomic mass is 35.5. The Balaban J connectivity index is 2.60. The minimum atomic E-state index is 0.132. The van der Waals surface area contributed by atoms with E-state index >= 15 is 0 Å². The van der Waals surface area contributed by atoms with Crippen molar-refractivity contribution < 1.29 is 0 Å². The molecule has 0 amide bonds. The summed E-state index contributed by atoms with van der Waals surface area (Å²) in [6.07, 6.45) is 3.48. The second-order valence-corrected chi connectivity index (χ2v) is 3.98. The van der Waals surface area contributed by atoms with Crippen LogP contribution in [0.4, 0.5) is 5.95 Å². The van der Waals surface area contributed by atoms with Crippen LogP contribution in [0.25, 0.3) is 0 Å². The Kier molecular flexibility index (Phi) is 5.05. The molecule has 0 saturated heterocycles. The summed E-state index contributed by atoms with van der Waals surface area (Å²) in [6.45, 7) is 3.06. The first-order chi connectivity index (χ1) is 7.13. The lowest BCUT2D eigenvalue weighted by atomic mass is 10.2. The van der Waals surface area contributed by atoms with Crippen LogP contribution in [0.5, 0.6) is 0 Å². The molecule has 0 atom stereocenters. The normalized spacial score (nSPS) is 10.4. The average molecular weight is 249 g/mol. The number of halogens is 2. The van der Waals surface area contributed by atoms with Crippen LogP contribution in [0.1, 0.15) is 26.2 Å². The van der Waals surface area contributed by atoms with Crippen molar-refractivity contribution in [2.45, 2.75) is 26.2 Å². The molecule has 0 saturated carbocycles. The smallest absolute Gasteiger partial charge is 0.230 e. The minimum Gasteiger partial charge on any atom is -0.344 e. The Bertz CT molecular complexity index is 299. The third-order valence-corrected chi connectivity index (χ3v) is 2.35. The van der Waals surface area contributed by atoms with E-state index in [0.717, 1.165) is 13.0 Å². The molecular formula is C9H14Cl2N4. The fourth-order valence-corrected chi connectivity index (χ4v) is 1.54. The molecule has 1 heterocycles. The third kappa shape index (κ3) is 4.18. The van der Waals surface area contributed by atoms with Gasteiger partial charge in [-0.2, -0.15) is 15.0 Å². The summed E-state index contributed by atoms with van der Waals surface area (Å²) in [5, 5.41) is 0.264. The summed E-state index contributed by atoms with van der Waals surface area (Å²) in [6, 6.07) is 0. The summed E-state index contributed by atoms with van der Waals surface area (Å²) >= 11 is 11.4. The molecule has 0 unspecified atom stereocenters. The van der Waals surface area contributed by atoms with E-state index in [0.29, 0.717) is 5.95 Å². The molecule has 0 bridgehead atoms. The highest BCUT2D eigenvalue weighted by Gasteiger charge is 2.07. The fourth-order valence-electron chi connectivity index (χ4n) is 1.19. The number of nitrogens with zero attached hydrogens (tertiary/aromatic N) is 4. The van der Waals surface area contributed by atoms with E-state index in [1.807, 2.05) is 11.9 Å². The number of aromatic nitrogens is 3. The number of anilines is 1. The van der Waals surface area contributed by atoms with Crippen LogP contribution in [0.15, 0.2) is 0 Å². The first-order valence-corrected chi connectivity index (χ1v) is 5.67. The van der Waals surface area contributed by atoms with Crippen molar-refractivity contribution in [2.24, 2.45) is 0 Å². The lowest BCUT2D eigenvalue weighted by Gasteiger charge is -2.16. The second-order valence-electron chi connectivity index (χ2n) is 3.30. The molecule has 1 rings (SSSR count). The van der Waals surface area contributed by atoms with Gasteiger partial charge >= 0.3 is 0 Å². The Hall–Kier alpha value is -0.610. The molecule has 1 aromatic heterocycles. The van der Waals surface area contributed by atoms with E-state index in [9.17, 15) is 0 Å². The van der Waals surface area contributed by atoms with Crippen molar-refractivity contribution in [3.63, 3.8) is 0 Å². The maximum absolute atomic E-state index is 5.68. The molecule has 0 aliphatic heterocycles. The van der Waals surface area contributed by atoms with Crippen LogP contribution in [0, 0.1) is 0 Å². The molecule has 0 aliphatic carbocycles. The molecule has 4 nitrogen and oxygen atoms in total. The lowest BCUT2D eigenvalue weighted by molar-refractivity contribution is 0.695. The molecular weight excluding hydrogens is 235 g/mol. The maximum atomic E-state index is 5.68. The molecule has 0 radical (unpaired) electrons. The van der Waals surface area contributed by atoms with E-state index in [1.165, 1.54) is 12.8 Å². The highest BCUT2D eigenvalue weighted by molar-refractivity contribution is 6.31. The number of hydrogen-bond acceptors (Lipinski definition) is 4. The number of hydrogen-bond donors (Lipinski definition) is 0. The number of rotatable bonds is 5. The summed E-state index contributed by atoms with van der Waals surface area (Å²) < 4.78 is 0. The van der Waals surface area contributed by atoms with E-state index < -0.39 is 0 Å². The Labute approximate surface area is 99.6 Å². The van der Waals surface area contributed by atoms with Gasteiger partial charge in [-0.25, -0.2) is 0 Å². The van der Waals surface area contributed by atoms with E-state index in [-0.39, 0.29) is 10.6 Å². The van der Waals surface area contributed by atoms with Gasteiger partial charge in [0, 0.05) is 13.6 Å². The molecule has 0 N–H and O–H groups in total. The summed E-state index contributed by atoms with van der Waals surface area (Å²) in [5.41, 5.74) is 0. The van der Waals surface area contributed by atoms with Crippen LogP contribution in [0.2, 0.25) is 10.6 Å². The van der Waals surface area contributed by atoms with Gasteiger partial charge in [-0.05, 0) is 29.6 Å². The zero-order valence-electron chi connectivity index (χ0n) is 8.87. The summed E-state index contributed by atoms with van der Waals surface area (Å²) in [4.78, 5) is 13.6. The van der Waals surface area contributed by atoms with Gasteiger partial charge in [0.1, 0.15) is 0 Å². The van der Waals surface area contributed by atoms with Crippen molar-refractivity contribution >= 4 is 29.2 Å². The Morgan fingerprint density at radius 3 is 2.20 bits per heavy atom. The van der Waals surface area contributed by atoms with Crippen molar-refractivity contribution in [2.75, 3.05) is 18.5 Å². The number of unbranched alkanes of at least 4 members (excludes halogenated alkanes) is 2. The van der Waals surface area contributed by atoms with Gasteiger partial charge in [-0.3, -0.25) is 0 Å². The van der Waals surface area contributed by atoms with Crippen molar-refractivity contribution in [1.29, 1.82) is 0 Å². The van der Waals surface area contributed by atoms with E-state index in [1.54, 1.807) is 0 Å². The Morgan fingerprint density at radius 1 is 1.07 bits per heavy atom. The highest BCUT2D eigenvalue weighted by Crippen LogP contribution is 2.13. The average Bonchev–Trinajstić information content (AvgIpc) is 2.16. The monoisotopic (exact) mass is 248 g/mol. The maximum Gasteiger partial charge on any atom is 0.230 e. The van der Waals surface area contributed by atoms with Gasteiger partial charge in [0.15, 0.2) is 0 Å². The van der Waals surface area contributed by atoms with Crippen LogP contribution < -0.4 is 4.90 Å². The summed E-state index contributed by atoms with van der Waals surface area (Å²) in [7, 11) is 1.91. The predicted octanol–water partition coefficient (Wildman–Crippen LogP) is 2.80. The zero-order chi connectivity index (χ0) is 11.3. The van der Waals surface area contributed by atoms with Gasteiger partial charge in [-0.1, -0.05) is 19.8 Å². The Morgan fingerprint density at radius 2 is 1.67 bits per heavy atom. The van der Waals surface area contributed by atoms with Crippen molar-refractivity contribution in [3.05, 3.63) is 10.6 Å². The predicted molar refractivity (Wildman–Crippen MR) is 62.6 cm³/mol. The summed E-state index contributed by atoms with van der Waals surface area (Å²) in [5.74, 6) is 0.524. The standard InChI is InChI=1S/C9H14Cl2N4/c1-3-4-5-6-15(2)9-13-7(10)12-8(11)14-9/h3-6H2,1-2H3. The van der Waals surface area contributed by atoms with Gasteiger partial charge in [-0.15, -0.1) is 0 Å². The molecule has 6 heteroatoms. The molecule has 84 valence electrons. The SMILES string of the molecule is CCCCCN(C)c1nc(Cl)nc(Cl)n1. The minimum absolute atomic E-state index is 0.132. The first-order valence-electron chi connectivity index (χ1n) is 4.91. The van der Waals surface area contributed by atoms with Crippen LogP contribution in [-0.2, 0) is 0 Å². The molecule has 0 aromatic carbocycles. The van der Waals surface area contributed by atoms with Crippen LogP contribution >= 0.6 is 23.2 Å². The van der Waals surface area contributed by atoms with Gasteiger partial charge < -0.3 is 4.90 Å².